The molecule has 206 valence electrons. The Bertz CT molecular complexity index is 1800. The molecular weight excluding hydrogens is 636 g/mol. The minimum Gasteiger partial charge on any atom is -0.496 e. The first-order valence-corrected chi connectivity index (χ1v) is 15.0. The number of halogens is 2. The van der Waals surface area contributed by atoms with Crippen molar-refractivity contribution in [3.05, 3.63) is 106 Å². The number of methoxy groups -OCH3 is 1. The van der Waals surface area contributed by atoms with Gasteiger partial charge in [0, 0.05) is 26.0 Å². The van der Waals surface area contributed by atoms with Crippen LogP contribution in [0, 0.1) is 0 Å². The lowest BCUT2D eigenvalue weighted by Gasteiger charge is -2.26. The van der Waals surface area contributed by atoms with Crippen molar-refractivity contribution in [3.8, 4) is 5.75 Å². The number of hydrogen-bond acceptors (Lipinski definition) is 8. The molecule has 2 aromatic heterocycles. The van der Waals surface area contributed by atoms with Crippen molar-refractivity contribution in [3.63, 3.8) is 0 Å². The molecule has 0 aliphatic carbocycles. The van der Waals surface area contributed by atoms with Crippen LogP contribution >= 0.6 is 50.6 Å². The Morgan fingerprint density at radius 2 is 1.95 bits per heavy atom. The molecule has 2 aromatic carbocycles. The summed E-state index contributed by atoms with van der Waals surface area (Å²) in [5, 5.41) is 1.34. The second-order valence-corrected chi connectivity index (χ2v) is 12.6. The van der Waals surface area contributed by atoms with Crippen LogP contribution in [0.15, 0.2) is 94.5 Å². The van der Waals surface area contributed by atoms with Crippen LogP contribution in [0.25, 0.3) is 6.08 Å². The molecule has 3 heterocycles. The van der Waals surface area contributed by atoms with Crippen molar-refractivity contribution in [1.82, 2.24) is 4.57 Å². The number of ether oxygens (including phenoxy) is 2. The monoisotopic (exact) mass is 658 g/mol. The molecule has 40 heavy (non-hydrogen) atoms. The number of benzene rings is 2. The van der Waals surface area contributed by atoms with Crippen molar-refractivity contribution < 1.29 is 18.7 Å². The first kappa shape index (κ1) is 28.5. The Balaban J connectivity index is 1.61. The van der Waals surface area contributed by atoms with Gasteiger partial charge in [-0.3, -0.25) is 9.36 Å². The van der Waals surface area contributed by atoms with E-state index in [1.54, 1.807) is 40.0 Å². The number of nitrogens with zero attached hydrogens (tertiary/aromatic N) is 2. The summed E-state index contributed by atoms with van der Waals surface area (Å²) < 4.78 is 19.9. The van der Waals surface area contributed by atoms with Gasteiger partial charge in [-0.05, 0) is 75.4 Å². The SMILES string of the molecule is COc1ccc(Br)cc1[C@@H]1C(C(=O)OC(C)C)=C(C)N=c2s/c(=C\c3ccc(Sc4ccc(Cl)cc4)o3)c(=O)n21. The topological polar surface area (TPSA) is 83.0 Å². The molecule has 11 heteroatoms. The summed E-state index contributed by atoms with van der Waals surface area (Å²) in [7, 11) is 1.55. The average molecular weight is 660 g/mol. The van der Waals surface area contributed by atoms with Crippen LogP contribution in [0.5, 0.6) is 5.75 Å². The number of allylic oxidation sites excluding steroid dienone is 1. The molecule has 0 spiro atoms. The molecule has 0 unspecified atom stereocenters. The van der Waals surface area contributed by atoms with Crippen LogP contribution in [0.2, 0.25) is 5.02 Å². The number of rotatable bonds is 7. The normalized spacial score (nSPS) is 15.3. The molecule has 1 aliphatic heterocycles. The molecule has 0 bridgehead atoms. The fourth-order valence-electron chi connectivity index (χ4n) is 4.29. The number of aromatic nitrogens is 1. The Morgan fingerprint density at radius 1 is 1.20 bits per heavy atom. The molecule has 4 aromatic rings. The third-order valence-electron chi connectivity index (χ3n) is 5.98. The van der Waals surface area contributed by atoms with Crippen molar-refractivity contribution in [2.24, 2.45) is 4.99 Å². The summed E-state index contributed by atoms with van der Waals surface area (Å²) >= 11 is 12.2. The summed E-state index contributed by atoms with van der Waals surface area (Å²) in [6.07, 6.45) is 1.34. The predicted molar refractivity (Wildman–Crippen MR) is 160 cm³/mol. The second-order valence-electron chi connectivity index (χ2n) is 9.13. The maximum Gasteiger partial charge on any atom is 0.338 e. The quantitative estimate of drug-likeness (QED) is 0.215. The van der Waals surface area contributed by atoms with Gasteiger partial charge in [0.2, 0.25) is 0 Å². The fraction of sp³-hybridized carbons (Fsp3) is 0.207. The first-order chi connectivity index (χ1) is 19.1. The summed E-state index contributed by atoms with van der Waals surface area (Å²) in [5.74, 6) is 0.517. The highest BCUT2D eigenvalue weighted by atomic mass is 79.9. The van der Waals surface area contributed by atoms with Crippen LogP contribution in [0.4, 0.5) is 0 Å². The Morgan fingerprint density at radius 3 is 2.65 bits per heavy atom. The van der Waals surface area contributed by atoms with Crippen molar-refractivity contribution in [2.75, 3.05) is 7.11 Å². The van der Waals surface area contributed by atoms with Gasteiger partial charge >= 0.3 is 5.97 Å². The van der Waals surface area contributed by atoms with Gasteiger partial charge in [0.25, 0.3) is 5.56 Å². The number of furan rings is 1. The molecule has 7 nitrogen and oxygen atoms in total. The third-order valence-corrected chi connectivity index (χ3v) is 8.63. The average Bonchev–Trinajstić information content (AvgIpc) is 3.47. The van der Waals surface area contributed by atoms with Gasteiger partial charge in [-0.25, -0.2) is 9.79 Å². The lowest BCUT2D eigenvalue weighted by atomic mass is 9.95. The van der Waals surface area contributed by atoms with Gasteiger partial charge in [-0.1, -0.05) is 50.6 Å². The van der Waals surface area contributed by atoms with Gasteiger partial charge < -0.3 is 13.9 Å². The minimum atomic E-state index is -0.801. The molecule has 0 amide bonds. The zero-order chi connectivity index (χ0) is 28.6. The van der Waals surface area contributed by atoms with Crippen LogP contribution in [-0.4, -0.2) is 23.8 Å². The summed E-state index contributed by atoms with van der Waals surface area (Å²) in [4.78, 5) is 33.3. The van der Waals surface area contributed by atoms with Crippen LogP contribution in [0.3, 0.4) is 0 Å². The maximum atomic E-state index is 13.9. The lowest BCUT2D eigenvalue weighted by molar-refractivity contribution is -0.143. The fourth-order valence-corrected chi connectivity index (χ4v) is 6.60. The van der Waals surface area contributed by atoms with E-state index >= 15 is 0 Å². The van der Waals surface area contributed by atoms with E-state index in [1.807, 2.05) is 48.5 Å². The Kier molecular flexibility index (Phi) is 8.42. The number of carbonyl (C=O) groups is 1. The number of esters is 1. The maximum absolute atomic E-state index is 13.9. The highest BCUT2D eigenvalue weighted by Crippen LogP contribution is 2.37. The van der Waals surface area contributed by atoms with E-state index in [0.717, 1.165) is 9.37 Å². The van der Waals surface area contributed by atoms with Crippen LogP contribution < -0.4 is 19.6 Å². The highest BCUT2D eigenvalue weighted by molar-refractivity contribution is 9.10. The van der Waals surface area contributed by atoms with Crippen molar-refractivity contribution in [2.45, 2.75) is 42.9 Å². The molecule has 0 N–H and O–H groups in total. The summed E-state index contributed by atoms with van der Waals surface area (Å²) in [5.41, 5.74) is 1.09. The number of thiazole rings is 1. The minimum absolute atomic E-state index is 0.281. The zero-order valence-corrected chi connectivity index (χ0v) is 25.9. The van der Waals surface area contributed by atoms with Gasteiger partial charge in [-0.15, -0.1) is 0 Å². The van der Waals surface area contributed by atoms with Crippen LogP contribution in [0.1, 0.15) is 38.1 Å². The lowest BCUT2D eigenvalue weighted by Crippen LogP contribution is -2.40. The van der Waals surface area contributed by atoms with E-state index in [4.69, 9.17) is 25.5 Å². The van der Waals surface area contributed by atoms with Gasteiger partial charge in [0.15, 0.2) is 9.89 Å². The molecule has 5 rings (SSSR count). The van der Waals surface area contributed by atoms with E-state index in [2.05, 4.69) is 20.9 Å². The van der Waals surface area contributed by atoms with E-state index in [-0.39, 0.29) is 17.2 Å². The zero-order valence-electron chi connectivity index (χ0n) is 21.9. The van der Waals surface area contributed by atoms with E-state index in [1.165, 1.54) is 27.7 Å². The van der Waals surface area contributed by atoms with Gasteiger partial charge in [0.1, 0.15) is 17.6 Å². The summed E-state index contributed by atoms with van der Waals surface area (Å²) in [6.45, 7) is 5.30. The molecule has 1 atom stereocenters. The smallest absolute Gasteiger partial charge is 0.338 e. The number of carbonyl (C=O) groups excluding carboxylic acids is 1. The third kappa shape index (κ3) is 5.85. The van der Waals surface area contributed by atoms with E-state index in [0.29, 0.717) is 42.2 Å². The van der Waals surface area contributed by atoms with Crippen molar-refractivity contribution in [1.29, 1.82) is 0 Å². The molecule has 1 aliphatic rings. The second kappa shape index (κ2) is 11.8. The standard InChI is InChI=1S/C29H24BrClN2O5S2/c1-15(2)37-28(35)25-16(3)32-29-33(26(25)21-13-17(30)5-11-22(21)36-4)27(34)23(40-29)14-19-8-12-24(38-19)39-20-9-6-18(31)7-10-20/h5-15,26H,1-4H3/b23-14-/t26-/m1/s1. The van der Waals surface area contributed by atoms with E-state index < -0.39 is 12.0 Å². The Hall–Kier alpha value is -3.05. The van der Waals surface area contributed by atoms with Gasteiger partial charge in [0.05, 0.1) is 29.0 Å². The van der Waals surface area contributed by atoms with Crippen LogP contribution in [-0.2, 0) is 9.53 Å². The highest BCUT2D eigenvalue weighted by Gasteiger charge is 2.35. The molecule has 0 saturated heterocycles. The predicted octanol–water partition coefficient (Wildman–Crippen LogP) is 6.36. The van der Waals surface area contributed by atoms with Crippen molar-refractivity contribution >= 4 is 62.7 Å². The van der Waals surface area contributed by atoms with E-state index in [9.17, 15) is 9.59 Å². The Labute approximate surface area is 251 Å². The molecule has 0 saturated carbocycles. The molecular formula is C29H24BrClN2O5S2. The van der Waals surface area contributed by atoms with Gasteiger partial charge in [-0.2, -0.15) is 0 Å². The number of fused-ring (bicyclic) bond motifs is 1. The molecule has 0 radical (unpaired) electrons. The first-order valence-electron chi connectivity index (χ1n) is 12.2. The number of hydrogen-bond donors (Lipinski definition) is 0. The largest absolute Gasteiger partial charge is 0.496 e. The molecule has 0 fully saturated rings. The summed E-state index contributed by atoms with van der Waals surface area (Å²) in [6, 6.07) is 15.8.